The van der Waals surface area contributed by atoms with E-state index in [2.05, 4.69) is 15.5 Å². The van der Waals surface area contributed by atoms with Crippen molar-refractivity contribution in [2.24, 2.45) is 7.05 Å². The number of alkyl carbamates (subject to hydrolysis) is 1. The Labute approximate surface area is 216 Å². The van der Waals surface area contributed by atoms with E-state index in [1.807, 2.05) is 30.3 Å². The van der Waals surface area contributed by atoms with Crippen molar-refractivity contribution in [2.45, 2.75) is 71.6 Å². The molecule has 198 valence electrons. The molecule has 0 aliphatic rings. The van der Waals surface area contributed by atoms with Gasteiger partial charge in [0.05, 0.1) is 5.56 Å². The largest absolute Gasteiger partial charge is 0.456 e. The lowest BCUT2D eigenvalue weighted by molar-refractivity contribution is 0.00687. The van der Waals surface area contributed by atoms with Crippen molar-refractivity contribution in [3.63, 3.8) is 0 Å². The topological polar surface area (TPSA) is 126 Å². The Morgan fingerprint density at radius 2 is 1.57 bits per heavy atom. The minimum atomic E-state index is -1.14. The standard InChI is InChI=1S/C27H34N4O6/c1-25(2,3)36-22(33)18-14-19(31(8)20(32)15-18)21-29-30-23(35-21)27(7,16-17-12-10-9-11-13-17)28-24(34)37-26(4,5)6/h9-15H,16H2,1-8H3,(H,28,34). The number of hydrogen-bond acceptors (Lipinski definition) is 8. The summed E-state index contributed by atoms with van der Waals surface area (Å²) in [6.45, 7) is 12.3. The van der Waals surface area contributed by atoms with Gasteiger partial charge in [-0.1, -0.05) is 30.3 Å². The van der Waals surface area contributed by atoms with Crippen LogP contribution in [0.5, 0.6) is 0 Å². The third-order valence-corrected chi connectivity index (χ3v) is 5.19. The molecule has 1 unspecified atom stereocenters. The Kier molecular flexibility index (Phi) is 7.62. The number of pyridine rings is 1. The van der Waals surface area contributed by atoms with Gasteiger partial charge in [-0.25, -0.2) is 9.59 Å². The van der Waals surface area contributed by atoms with E-state index in [-0.39, 0.29) is 23.0 Å². The molecule has 0 aliphatic heterocycles. The number of nitrogens with one attached hydrogen (secondary N) is 1. The second kappa shape index (κ2) is 10.2. The van der Waals surface area contributed by atoms with Gasteiger partial charge in [-0.3, -0.25) is 4.79 Å². The normalized spacial score (nSPS) is 13.5. The molecule has 2 aromatic heterocycles. The Balaban J connectivity index is 2.02. The van der Waals surface area contributed by atoms with Gasteiger partial charge in [-0.15, -0.1) is 10.2 Å². The molecule has 3 aromatic rings. The van der Waals surface area contributed by atoms with Crippen molar-refractivity contribution in [1.29, 1.82) is 0 Å². The third kappa shape index (κ3) is 7.28. The predicted octanol–water partition coefficient (Wildman–Crippen LogP) is 4.37. The highest BCUT2D eigenvalue weighted by Gasteiger charge is 2.37. The molecular weight excluding hydrogens is 476 g/mol. The van der Waals surface area contributed by atoms with Gasteiger partial charge in [0.25, 0.3) is 11.4 Å². The average Bonchev–Trinajstić information content (AvgIpc) is 3.24. The molecule has 10 heteroatoms. The molecule has 0 fully saturated rings. The molecule has 0 radical (unpaired) electrons. The summed E-state index contributed by atoms with van der Waals surface area (Å²) in [4.78, 5) is 38.0. The molecule has 1 atom stereocenters. The number of ether oxygens (including phenoxy) is 2. The maximum absolute atomic E-state index is 12.7. The quantitative estimate of drug-likeness (QED) is 0.485. The molecule has 3 rings (SSSR count). The summed E-state index contributed by atoms with van der Waals surface area (Å²) < 4.78 is 18.2. The van der Waals surface area contributed by atoms with E-state index in [0.717, 1.165) is 5.56 Å². The SMILES string of the molecule is Cn1c(-c2nnc(C(C)(Cc3ccccc3)NC(=O)OC(C)(C)C)o2)cc(C(=O)OC(C)(C)C)cc1=O. The van der Waals surface area contributed by atoms with E-state index in [1.165, 1.54) is 23.7 Å². The molecular formula is C27H34N4O6. The van der Waals surface area contributed by atoms with Crippen molar-refractivity contribution >= 4 is 12.1 Å². The Morgan fingerprint density at radius 3 is 2.16 bits per heavy atom. The molecule has 0 saturated heterocycles. The summed E-state index contributed by atoms with van der Waals surface area (Å²) in [5, 5.41) is 11.2. The fourth-order valence-corrected chi connectivity index (χ4v) is 3.55. The molecule has 10 nitrogen and oxygen atoms in total. The minimum Gasteiger partial charge on any atom is -0.456 e. The van der Waals surface area contributed by atoms with Crippen LogP contribution < -0.4 is 10.9 Å². The summed E-state index contributed by atoms with van der Waals surface area (Å²) in [6, 6.07) is 12.2. The van der Waals surface area contributed by atoms with Crippen LogP contribution >= 0.6 is 0 Å². The first-order valence-electron chi connectivity index (χ1n) is 11.9. The average molecular weight is 511 g/mol. The zero-order valence-electron chi connectivity index (χ0n) is 22.5. The molecule has 37 heavy (non-hydrogen) atoms. The highest BCUT2D eigenvalue weighted by molar-refractivity contribution is 5.90. The first-order valence-corrected chi connectivity index (χ1v) is 11.9. The van der Waals surface area contributed by atoms with E-state index < -0.39 is 34.4 Å². The molecule has 1 N–H and O–H groups in total. The van der Waals surface area contributed by atoms with E-state index in [9.17, 15) is 14.4 Å². The number of amides is 1. The number of hydrogen-bond donors (Lipinski definition) is 1. The minimum absolute atomic E-state index is 0.00489. The Hall–Kier alpha value is -3.95. The number of esters is 1. The van der Waals surface area contributed by atoms with Crippen molar-refractivity contribution in [2.75, 3.05) is 0 Å². The highest BCUT2D eigenvalue weighted by Crippen LogP contribution is 2.28. The number of aromatic nitrogens is 3. The zero-order chi connectivity index (χ0) is 27.6. The molecule has 0 aliphatic carbocycles. The number of benzene rings is 1. The number of nitrogens with zero attached hydrogens (tertiary/aromatic N) is 3. The molecule has 0 saturated carbocycles. The van der Waals surface area contributed by atoms with E-state index in [1.54, 1.807) is 48.5 Å². The van der Waals surface area contributed by atoms with Crippen molar-refractivity contribution in [3.8, 4) is 11.6 Å². The lowest BCUT2D eigenvalue weighted by Crippen LogP contribution is -2.47. The van der Waals surface area contributed by atoms with Crippen LogP contribution in [0.4, 0.5) is 4.79 Å². The molecule has 0 spiro atoms. The lowest BCUT2D eigenvalue weighted by Gasteiger charge is -2.29. The number of rotatable bonds is 6. The number of carbonyl (C=O) groups excluding carboxylic acids is 2. The fourth-order valence-electron chi connectivity index (χ4n) is 3.55. The zero-order valence-corrected chi connectivity index (χ0v) is 22.5. The maximum atomic E-state index is 12.7. The summed E-state index contributed by atoms with van der Waals surface area (Å²) in [5.41, 5.74) is -1.83. The molecule has 1 amide bonds. The van der Waals surface area contributed by atoms with E-state index in [4.69, 9.17) is 13.9 Å². The van der Waals surface area contributed by atoms with Gasteiger partial charge in [0.2, 0.25) is 5.89 Å². The van der Waals surface area contributed by atoms with Crippen LogP contribution in [-0.4, -0.2) is 38.0 Å². The monoisotopic (exact) mass is 510 g/mol. The number of carbonyl (C=O) groups is 2. The Bertz CT molecular complexity index is 1330. The maximum Gasteiger partial charge on any atom is 0.408 e. The van der Waals surface area contributed by atoms with Gasteiger partial charge in [0, 0.05) is 19.5 Å². The van der Waals surface area contributed by atoms with Gasteiger partial charge in [0.1, 0.15) is 22.4 Å². The highest BCUT2D eigenvalue weighted by atomic mass is 16.6. The van der Waals surface area contributed by atoms with Crippen molar-refractivity contribution < 1.29 is 23.5 Å². The van der Waals surface area contributed by atoms with Gasteiger partial charge < -0.3 is 23.8 Å². The molecule has 0 bridgehead atoms. The van der Waals surface area contributed by atoms with E-state index in [0.29, 0.717) is 6.42 Å². The Morgan fingerprint density at radius 1 is 0.946 bits per heavy atom. The van der Waals surface area contributed by atoms with Crippen molar-refractivity contribution in [1.82, 2.24) is 20.1 Å². The molecule has 2 heterocycles. The van der Waals surface area contributed by atoms with Crippen molar-refractivity contribution in [3.05, 3.63) is 69.8 Å². The lowest BCUT2D eigenvalue weighted by atomic mass is 9.92. The second-order valence-electron chi connectivity index (χ2n) is 11.1. The molecule has 1 aromatic carbocycles. The van der Waals surface area contributed by atoms with Crippen LogP contribution in [0.2, 0.25) is 0 Å². The first-order chi connectivity index (χ1) is 17.1. The van der Waals surface area contributed by atoms with E-state index >= 15 is 0 Å². The van der Waals surface area contributed by atoms with Crippen LogP contribution in [-0.2, 0) is 28.5 Å². The summed E-state index contributed by atoms with van der Waals surface area (Å²) in [5.74, 6) is -0.538. The summed E-state index contributed by atoms with van der Waals surface area (Å²) in [7, 11) is 1.53. The van der Waals surface area contributed by atoms with Gasteiger partial charge in [-0.2, -0.15) is 0 Å². The van der Waals surface area contributed by atoms with Crippen LogP contribution in [0, 0.1) is 0 Å². The fraction of sp³-hybridized carbons (Fsp3) is 0.444. The van der Waals surface area contributed by atoms with Crippen LogP contribution in [0.25, 0.3) is 11.6 Å². The van der Waals surface area contributed by atoms with Crippen LogP contribution in [0.1, 0.15) is 70.3 Å². The van der Waals surface area contributed by atoms with Gasteiger partial charge >= 0.3 is 12.1 Å². The van der Waals surface area contributed by atoms with Crippen LogP contribution in [0.15, 0.2) is 51.7 Å². The van der Waals surface area contributed by atoms with Gasteiger partial charge in [-0.05, 0) is 60.1 Å². The first kappa shape index (κ1) is 27.6. The van der Waals surface area contributed by atoms with Crippen LogP contribution in [0.3, 0.4) is 0 Å². The smallest absolute Gasteiger partial charge is 0.408 e. The predicted molar refractivity (Wildman–Crippen MR) is 137 cm³/mol. The van der Waals surface area contributed by atoms with Gasteiger partial charge in [0.15, 0.2) is 0 Å². The third-order valence-electron chi connectivity index (χ3n) is 5.19. The summed E-state index contributed by atoms with van der Waals surface area (Å²) >= 11 is 0. The second-order valence-corrected chi connectivity index (χ2v) is 11.1. The summed E-state index contributed by atoms with van der Waals surface area (Å²) in [6.07, 6.45) is -0.323.